The SMILES string of the molecule is CNc1ncc(-c2cccc(C(=O)N(C)C)c2)o1. The average Bonchev–Trinajstić information content (AvgIpc) is 2.86. The van der Waals surface area contributed by atoms with Crippen LogP contribution in [0.2, 0.25) is 0 Å². The highest BCUT2D eigenvalue weighted by atomic mass is 16.4. The van der Waals surface area contributed by atoms with E-state index in [0.29, 0.717) is 17.3 Å². The van der Waals surface area contributed by atoms with E-state index in [2.05, 4.69) is 10.3 Å². The van der Waals surface area contributed by atoms with E-state index in [1.807, 2.05) is 12.1 Å². The lowest BCUT2D eigenvalue weighted by molar-refractivity contribution is 0.0827. The molecule has 1 amide bonds. The second-order valence-corrected chi connectivity index (χ2v) is 4.06. The van der Waals surface area contributed by atoms with Gasteiger partial charge in [0.15, 0.2) is 5.76 Å². The molecular weight excluding hydrogens is 230 g/mol. The number of rotatable bonds is 3. The topological polar surface area (TPSA) is 58.4 Å². The van der Waals surface area contributed by atoms with Crippen LogP contribution in [0.5, 0.6) is 0 Å². The summed E-state index contributed by atoms with van der Waals surface area (Å²) in [6.07, 6.45) is 1.63. The number of nitrogens with zero attached hydrogens (tertiary/aromatic N) is 2. The average molecular weight is 245 g/mol. The molecule has 94 valence electrons. The van der Waals surface area contributed by atoms with Crippen molar-refractivity contribution in [3.63, 3.8) is 0 Å². The molecule has 0 saturated carbocycles. The van der Waals surface area contributed by atoms with Crippen LogP contribution < -0.4 is 5.32 Å². The monoisotopic (exact) mass is 245 g/mol. The normalized spacial score (nSPS) is 10.2. The minimum Gasteiger partial charge on any atom is -0.424 e. The Bertz CT molecular complexity index is 561. The smallest absolute Gasteiger partial charge is 0.294 e. The molecule has 0 radical (unpaired) electrons. The first-order valence-electron chi connectivity index (χ1n) is 5.57. The van der Waals surface area contributed by atoms with Crippen LogP contribution in [0.4, 0.5) is 6.01 Å². The lowest BCUT2D eigenvalue weighted by atomic mass is 10.1. The number of hydrogen-bond acceptors (Lipinski definition) is 4. The van der Waals surface area contributed by atoms with Crippen molar-refractivity contribution < 1.29 is 9.21 Å². The Hall–Kier alpha value is -2.30. The van der Waals surface area contributed by atoms with Gasteiger partial charge in [0.2, 0.25) is 0 Å². The molecule has 5 nitrogen and oxygen atoms in total. The molecule has 0 saturated heterocycles. The molecule has 1 aromatic carbocycles. The second-order valence-electron chi connectivity index (χ2n) is 4.06. The van der Waals surface area contributed by atoms with Crippen LogP contribution in [0.1, 0.15) is 10.4 Å². The first-order valence-corrected chi connectivity index (χ1v) is 5.57. The lowest BCUT2D eigenvalue weighted by Gasteiger charge is -2.10. The molecular formula is C13H15N3O2. The molecule has 5 heteroatoms. The molecule has 0 aliphatic carbocycles. The van der Waals surface area contributed by atoms with Crippen LogP contribution in [-0.4, -0.2) is 36.9 Å². The van der Waals surface area contributed by atoms with E-state index in [4.69, 9.17) is 4.42 Å². The summed E-state index contributed by atoms with van der Waals surface area (Å²) >= 11 is 0. The van der Waals surface area contributed by atoms with Crippen molar-refractivity contribution in [2.75, 3.05) is 26.5 Å². The van der Waals surface area contributed by atoms with Crippen molar-refractivity contribution >= 4 is 11.9 Å². The van der Waals surface area contributed by atoms with Gasteiger partial charge in [0.25, 0.3) is 11.9 Å². The number of aromatic nitrogens is 1. The maximum absolute atomic E-state index is 11.9. The maximum Gasteiger partial charge on any atom is 0.294 e. The molecule has 18 heavy (non-hydrogen) atoms. The summed E-state index contributed by atoms with van der Waals surface area (Å²) in [4.78, 5) is 17.4. The van der Waals surface area contributed by atoms with E-state index in [-0.39, 0.29) is 5.91 Å². The van der Waals surface area contributed by atoms with Crippen LogP contribution in [-0.2, 0) is 0 Å². The van der Waals surface area contributed by atoms with Crippen LogP contribution in [0, 0.1) is 0 Å². The van der Waals surface area contributed by atoms with Crippen LogP contribution in [0.25, 0.3) is 11.3 Å². The number of oxazole rings is 1. The zero-order chi connectivity index (χ0) is 13.1. The Morgan fingerprint density at radius 2 is 2.17 bits per heavy atom. The minimum absolute atomic E-state index is 0.0368. The summed E-state index contributed by atoms with van der Waals surface area (Å²) in [6.45, 7) is 0. The van der Waals surface area contributed by atoms with E-state index in [9.17, 15) is 4.79 Å². The third-order valence-corrected chi connectivity index (χ3v) is 2.52. The summed E-state index contributed by atoms with van der Waals surface area (Å²) in [5, 5.41) is 2.82. The van der Waals surface area contributed by atoms with Crippen LogP contribution in [0.3, 0.4) is 0 Å². The maximum atomic E-state index is 11.9. The highest BCUT2D eigenvalue weighted by Gasteiger charge is 2.11. The Balaban J connectivity index is 2.35. The van der Waals surface area contributed by atoms with Gasteiger partial charge in [-0.05, 0) is 12.1 Å². The van der Waals surface area contributed by atoms with Gasteiger partial charge in [-0.15, -0.1) is 0 Å². The first kappa shape index (κ1) is 12.2. The van der Waals surface area contributed by atoms with Gasteiger partial charge in [0.05, 0.1) is 6.20 Å². The number of hydrogen-bond donors (Lipinski definition) is 1. The lowest BCUT2D eigenvalue weighted by Crippen LogP contribution is -2.21. The molecule has 0 atom stereocenters. The van der Waals surface area contributed by atoms with E-state index in [0.717, 1.165) is 5.56 Å². The number of carbonyl (C=O) groups is 1. The summed E-state index contributed by atoms with van der Waals surface area (Å²) in [6, 6.07) is 7.73. The third kappa shape index (κ3) is 2.34. The van der Waals surface area contributed by atoms with Crippen molar-refractivity contribution in [1.82, 2.24) is 9.88 Å². The summed E-state index contributed by atoms with van der Waals surface area (Å²) in [7, 11) is 5.19. The van der Waals surface area contributed by atoms with Crippen molar-refractivity contribution in [2.24, 2.45) is 0 Å². The number of benzene rings is 1. The fourth-order valence-corrected chi connectivity index (χ4v) is 1.59. The predicted molar refractivity (Wildman–Crippen MR) is 69.5 cm³/mol. The van der Waals surface area contributed by atoms with Crippen molar-refractivity contribution in [3.05, 3.63) is 36.0 Å². The van der Waals surface area contributed by atoms with Crippen molar-refractivity contribution in [3.8, 4) is 11.3 Å². The predicted octanol–water partition coefficient (Wildman–Crippen LogP) is 2.09. The van der Waals surface area contributed by atoms with Gasteiger partial charge in [-0.3, -0.25) is 4.79 Å². The van der Waals surface area contributed by atoms with Crippen molar-refractivity contribution in [1.29, 1.82) is 0 Å². The molecule has 0 fully saturated rings. The molecule has 0 aliphatic rings. The number of carbonyl (C=O) groups excluding carboxylic acids is 1. The van der Waals surface area contributed by atoms with E-state index < -0.39 is 0 Å². The molecule has 0 unspecified atom stereocenters. The van der Waals surface area contributed by atoms with Crippen molar-refractivity contribution in [2.45, 2.75) is 0 Å². The minimum atomic E-state index is -0.0368. The van der Waals surface area contributed by atoms with Gasteiger partial charge < -0.3 is 14.6 Å². The van der Waals surface area contributed by atoms with Crippen LogP contribution >= 0.6 is 0 Å². The summed E-state index contributed by atoms with van der Waals surface area (Å²) in [5.74, 6) is 0.595. The number of anilines is 1. The summed E-state index contributed by atoms with van der Waals surface area (Å²) < 4.78 is 5.47. The largest absolute Gasteiger partial charge is 0.424 e. The Morgan fingerprint density at radius 3 is 2.78 bits per heavy atom. The molecule has 2 rings (SSSR count). The highest BCUT2D eigenvalue weighted by molar-refractivity contribution is 5.94. The Kier molecular flexibility index (Phi) is 3.32. The second kappa shape index (κ2) is 4.91. The fraction of sp³-hybridized carbons (Fsp3) is 0.231. The molecule has 0 bridgehead atoms. The molecule has 0 spiro atoms. The molecule has 0 aliphatic heterocycles. The third-order valence-electron chi connectivity index (χ3n) is 2.52. The summed E-state index contributed by atoms with van der Waals surface area (Å²) in [5.41, 5.74) is 1.46. The first-order chi connectivity index (χ1) is 8.61. The quantitative estimate of drug-likeness (QED) is 0.899. The highest BCUT2D eigenvalue weighted by Crippen LogP contribution is 2.23. The van der Waals surface area contributed by atoms with E-state index in [1.54, 1.807) is 44.4 Å². The van der Waals surface area contributed by atoms with Gasteiger partial charge in [-0.25, -0.2) is 4.98 Å². The number of nitrogens with one attached hydrogen (secondary N) is 1. The van der Waals surface area contributed by atoms with E-state index in [1.165, 1.54) is 0 Å². The van der Waals surface area contributed by atoms with Crippen LogP contribution in [0.15, 0.2) is 34.9 Å². The zero-order valence-corrected chi connectivity index (χ0v) is 10.6. The molecule has 1 heterocycles. The fourth-order valence-electron chi connectivity index (χ4n) is 1.59. The molecule has 2 aromatic rings. The molecule has 1 N–H and O–H groups in total. The Morgan fingerprint density at radius 1 is 1.39 bits per heavy atom. The number of amides is 1. The van der Waals surface area contributed by atoms with Gasteiger partial charge >= 0.3 is 0 Å². The van der Waals surface area contributed by atoms with Gasteiger partial charge in [-0.1, -0.05) is 12.1 Å². The standard InChI is InChI=1S/C13H15N3O2/c1-14-13-15-8-11(18-13)9-5-4-6-10(7-9)12(17)16(2)3/h4-8H,1-3H3,(H,14,15). The van der Waals surface area contributed by atoms with Gasteiger partial charge in [0.1, 0.15) is 0 Å². The molecule has 1 aromatic heterocycles. The van der Waals surface area contributed by atoms with Gasteiger partial charge in [-0.2, -0.15) is 0 Å². The van der Waals surface area contributed by atoms with E-state index >= 15 is 0 Å². The Labute approximate surface area is 105 Å². The zero-order valence-electron chi connectivity index (χ0n) is 10.6. The van der Waals surface area contributed by atoms with Gasteiger partial charge in [0, 0.05) is 32.3 Å².